The first-order chi connectivity index (χ1) is 13.1. The maximum atomic E-state index is 12.2. The molecule has 0 aromatic heterocycles. The Balaban J connectivity index is 1.86. The molecule has 2 N–H and O–H groups in total. The average Bonchev–Trinajstić information content (AvgIpc) is 2.64. The van der Waals surface area contributed by atoms with E-state index in [1.54, 1.807) is 43.4 Å². The van der Waals surface area contributed by atoms with Crippen molar-refractivity contribution in [2.75, 3.05) is 23.9 Å². The Morgan fingerprint density at radius 2 is 1.79 bits per heavy atom. The zero-order chi connectivity index (χ0) is 20.7. The molecule has 0 aliphatic rings. The van der Waals surface area contributed by atoms with E-state index < -0.39 is 18.8 Å². The van der Waals surface area contributed by atoms with Gasteiger partial charge in [-0.05, 0) is 42.0 Å². The zero-order valence-electron chi connectivity index (χ0n) is 15.3. The molecule has 0 radical (unpaired) electrons. The molecule has 0 aliphatic carbocycles. The Morgan fingerprint density at radius 3 is 2.39 bits per heavy atom. The molecule has 2 rings (SSSR count). The van der Waals surface area contributed by atoms with Gasteiger partial charge in [-0.2, -0.15) is 13.2 Å². The van der Waals surface area contributed by atoms with E-state index in [0.29, 0.717) is 16.9 Å². The largest absolute Gasteiger partial charge is 0.484 e. The molecule has 0 aliphatic heterocycles. The van der Waals surface area contributed by atoms with E-state index in [9.17, 15) is 22.8 Å². The number of carbonyl (C=O) groups is 2. The minimum absolute atomic E-state index is 0.0715. The van der Waals surface area contributed by atoms with Crippen molar-refractivity contribution in [3.05, 3.63) is 54.1 Å². The van der Waals surface area contributed by atoms with E-state index in [-0.39, 0.29) is 18.2 Å². The topological polar surface area (TPSA) is 70.7 Å². The Labute approximate surface area is 160 Å². The number of benzene rings is 2. The number of alkyl halides is 3. The minimum Gasteiger partial charge on any atom is -0.484 e. The first kappa shape index (κ1) is 21.1. The van der Waals surface area contributed by atoms with Gasteiger partial charge >= 0.3 is 12.2 Å². The fourth-order valence-electron chi connectivity index (χ4n) is 2.22. The van der Waals surface area contributed by atoms with Crippen molar-refractivity contribution in [3.8, 4) is 5.75 Å². The van der Waals surface area contributed by atoms with Crippen LogP contribution in [0.4, 0.5) is 29.3 Å². The highest BCUT2D eigenvalue weighted by Gasteiger charge is 2.28. The van der Waals surface area contributed by atoms with Crippen LogP contribution in [0.2, 0.25) is 0 Å². The molecule has 0 atom stereocenters. The van der Waals surface area contributed by atoms with Crippen molar-refractivity contribution >= 4 is 23.3 Å². The number of rotatable bonds is 6. The van der Waals surface area contributed by atoms with Crippen LogP contribution in [-0.2, 0) is 11.3 Å². The van der Waals surface area contributed by atoms with Crippen LogP contribution in [-0.4, -0.2) is 31.8 Å². The van der Waals surface area contributed by atoms with Gasteiger partial charge in [-0.3, -0.25) is 4.79 Å². The number of nitrogens with zero attached hydrogens (tertiary/aromatic N) is 1. The van der Waals surface area contributed by atoms with Crippen molar-refractivity contribution in [1.29, 1.82) is 0 Å². The highest BCUT2D eigenvalue weighted by molar-refractivity contribution is 5.92. The number of nitrogens with one attached hydrogen (secondary N) is 2. The summed E-state index contributed by atoms with van der Waals surface area (Å²) in [5.74, 6) is -0.0397. The highest BCUT2D eigenvalue weighted by atomic mass is 19.4. The lowest BCUT2D eigenvalue weighted by Gasteiger charge is -2.15. The predicted molar refractivity (Wildman–Crippen MR) is 99.4 cm³/mol. The van der Waals surface area contributed by atoms with E-state index in [1.165, 1.54) is 24.0 Å². The Hall–Kier alpha value is -3.23. The maximum absolute atomic E-state index is 12.2. The molecule has 0 saturated carbocycles. The van der Waals surface area contributed by atoms with E-state index >= 15 is 0 Å². The van der Waals surface area contributed by atoms with Crippen LogP contribution >= 0.6 is 0 Å². The summed E-state index contributed by atoms with van der Waals surface area (Å²) >= 11 is 0. The number of anilines is 2. The molecule has 0 heterocycles. The van der Waals surface area contributed by atoms with Gasteiger partial charge in [-0.25, -0.2) is 4.79 Å². The van der Waals surface area contributed by atoms with Gasteiger partial charge in [0, 0.05) is 31.9 Å². The summed E-state index contributed by atoms with van der Waals surface area (Å²) in [6, 6.07) is 12.3. The highest BCUT2D eigenvalue weighted by Crippen LogP contribution is 2.20. The van der Waals surface area contributed by atoms with Crippen molar-refractivity contribution in [2.24, 2.45) is 0 Å². The van der Waals surface area contributed by atoms with Crippen LogP contribution in [0, 0.1) is 0 Å². The van der Waals surface area contributed by atoms with Crippen molar-refractivity contribution in [2.45, 2.75) is 19.6 Å². The van der Waals surface area contributed by atoms with Crippen molar-refractivity contribution in [1.82, 2.24) is 5.32 Å². The molecular weight excluding hydrogens is 375 g/mol. The monoisotopic (exact) mass is 395 g/mol. The Morgan fingerprint density at radius 1 is 1.11 bits per heavy atom. The van der Waals surface area contributed by atoms with E-state index in [1.807, 2.05) is 0 Å². The van der Waals surface area contributed by atoms with Crippen LogP contribution in [0.5, 0.6) is 5.75 Å². The molecular formula is C19H20F3N3O3. The first-order valence-corrected chi connectivity index (χ1v) is 8.32. The SMILES string of the molecule is CC(=O)N(C)c1ccc(NC(=O)NCc2cccc(OCC(F)(F)F)c2)cc1. The van der Waals surface area contributed by atoms with Gasteiger partial charge in [-0.15, -0.1) is 0 Å². The zero-order valence-corrected chi connectivity index (χ0v) is 15.3. The number of ether oxygens (including phenoxy) is 1. The lowest BCUT2D eigenvalue weighted by molar-refractivity contribution is -0.153. The molecule has 3 amide bonds. The minimum atomic E-state index is -4.41. The lowest BCUT2D eigenvalue weighted by atomic mass is 10.2. The van der Waals surface area contributed by atoms with Crippen LogP contribution < -0.4 is 20.3 Å². The van der Waals surface area contributed by atoms with Gasteiger partial charge in [0.05, 0.1) is 0 Å². The molecule has 28 heavy (non-hydrogen) atoms. The van der Waals surface area contributed by atoms with Gasteiger partial charge in [0.2, 0.25) is 5.91 Å². The molecule has 150 valence electrons. The third kappa shape index (κ3) is 6.82. The Kier molecular flexibility index (Phi) is 6.86. The summed E-state index contributed by atoms with van der Waals surface area (Å²) in [6.07, 6.45) is -4.41. The van der Waals surface area contributed by atoms with Gasteiger partial charge in [0.1, 0.15) is 5.75 Å². The second-order valence-electron chi connectivity index (χ2n) is 5.98. The number of urea groups is 1. The van der Waals surface area contributed by atoms with E-state index in [2.05, 4.69) is 15.4 Å². The first-order valence-electron chi connectivity index (χ1n) is 8.32. The Bertz CT molecular complexity index is 823. The van der Waals surface area contributed by atoms with Crippen LogP contribution in [0.1, 0.15) is 12.5 Å². The molecule has 0 spiro atoms. The van der Waals surface area contributed by atoms with Crippen molar-refractivity contribution < 1.29 is 27.5 Å². The third-order valence-corrected chi connectivity index (χ3v) is 3.74. The number of hydrogen-bond donors (Lipinski definition) is 2. The molecule has 0 fully saturated rings. The lowest BCUT2D eigenvalue weighted by Crippen LogP contribution is -2.28. The van der Waals surface area contributed by atoms with E-state index in [4.69, 9.17) is 0 Å². The van der Waals surface area contributed by atoms with Crippen LogP contribution in [0.3, 0.4) is 0 Å². The molecule has 2 aromatic carbocycles. The summed E-state index contributed by atoms with van der Waals surface area (Å²) in [5.41, 5.74) is 1.81. The molecule has 2 aromatic rings. The predicted octanol–water partition coefficient (Wildman–Crippen LogP) is 3.93. The fraction of sp³-hybridized carbons (Fsp3) is 0.263. The van der Waals surface area contributed by atoms with Crippen LogP contribution in [0.25, 0.3) is 0 Å². The summed E-state index contributed by atoms with van der Waals surface area (Å²) < 4.78 is 41.3. The second-order valence-corrected chi connectivity index (χ2v) is 5.98. The van der Waals surface area contributed by atoms with Gasteiger partial charge in [-0.1, -0.05) is 12.1 Å². The number of amides is 3. The second kappa shape index (κ2) is 9.12. The summed E-state index contributed by atoms with van der Waals surface area (Å²) in [7, 11) is 1.64. The smallest absolute Gasteiger partial charge is 0.422 e. The quantitative estimate of drug-likeness (QED) is 0.779. The standard InChI is InChI=1S/C19H20F3N3O3/c1-13(26)25(2)16-8-6-15(7-9-16)24-18(27)23-11-14-4-3-5-17(10-14)28-12-19(20,21)22/h3-10H,11-12H2,1-2H3,(H2,23,24,27). The summed E-state index contributed by atoms with van der Waals surface area (Å²) in [5, 5.41) is 5.24. The van der Waals surface area contributed by atoms with Crippen LogP contribution in [0.15, 0.2) is 48.5 Å². The fourth-order valence-corrected chi connectivity index (χ4v) is 2.22. The number of carbonyl (C=O) groups excluding carboxylic acids is 2. The average molecular weight is 395 g/mol. The van der Waals surface area contributed by atoms with Gasteiger partial charge < -0.3 is 20.3 Å². The molecule has 6 nitrogen and oxygen atoms in total. The normalized spacial score (nSPS) is 10.9. The summed E-state index contributed by atoms with van der Waals surface area (Å²) in [6.45, 7) is 0.183. The third-order valence-electron chi connectivity index (χ3n) is 3.74. The van der Waals surface area contributed by atoms with Gasteiger partial charge in [0.15, 0.2) is 6.61 Å². The molecule has 0 unspecified atom stereocenters. The number of halogens is 3. The summed E-state index contributed by atoms with van der Waals surface area (Å²) in [4.78, 5) is 24.8. The number of hydrogen-bond acceptors (Lipinski definition) is 3. The molecule has 0 saturated heterocycles. The van der Waals surface area contributed by atoms with Gasteiger partial charge in [0.25, 0.3) is 0 Å². The maximum Gasteiger partial charge on any atom is 0.422 e. The molecule has 0 bridgehead atoms. The van der Waals surface area contributed by atoms with E-state index in [0.717, 1.165) is 0 Å². The van der Waals surface area contributed by atoms with Crippen molar-refractivity contribution in [3.63, 3.8) is 0 Å². The molecule has 9 heteroatoms.